The number of aliphatic hydroxyl groups excluding tert-OH is 1. The molecule has 0 fully saturated rings. The zero-order chi connectivity index (χ0) is 16.1. The highest BCUT2D eigenvalue weighted by Crippen LogP contribution is 2.32. The van der Waals surface area contributed by atoms with Crippen LogP contribution in [-0.4, -0.2) is 18.8 Å². The number of fused-ring (bicyclic) bond motifs is 1. The number of benzene rings is 2. The van der Waals surface area contributed by atoms with Crippen LogP contribution in [0.25, 0.3) is 10.8 Å². The highest BCUT2D eigenvalue weighted by Gasteiger charge is 2.19. The van der Waals surface area contributed by atoms with E-state index in [0.29, 0.717) is 0 Å². The Hall–Kier alpha value is -2.10. The van der Waals surface area contributed by atoms with Crippen LogP contribution in [0.5, 0.6) is 0 Å². The third-order valence-electron chi connectivity index (χ3n) is 4.11. The first-order valence-electron chi connectivity index (χ1n) is 8.03. The van der Waals surface area contributed by atoms with Crippen molar-refractivity contribution in [1.29, 1.82) is 0 Å². The van der Waals surface area contributed by atoms with E-state index in [0.717, 1.165) is 36.3 Å². The van der Waals surface area contributed by atoms with Crippen LogP contribution >= 0.6 is 0 Å². The molecule has 3 nitrogen and oxygen atoms in total. The Morgan fingerprint density at radius 1 is 1.00 bits per heavy atom. The fourth-order valence-electron chi connectivity index (χ4n) is 2.96. The Kier molecular flexibility index (Phi) is 5.11. The summed E-state index contributed by atoms with van der Waals surface area (Å²) >= 11 is 0. The van der Waals surface area contributed by atoms with Gasteiger partial charge in [-0.2, -0.15) is 0 Å². The third kappa shape index (κ3) is 3.46. The van der Waals surface area contributed by atoms with Gasteiger partial charge in [-0.25, -0.2) is 0 Å². The number of furan rings is 1. The first-order chi connectivity index (χ1) is 11.3. The first kappa shape index (κ1) is 15.8. The Balaban J connectivity index is 1.90. The topological polar surface area (TPSA) is 42.6 Å². The summed E-state index contributed by atoms with van der Waals surface area (Å²) in [5.74, 6) is 1.76. The van der Waals surface area contributed by atoms with Crippen molar-refractivity contribution < 1.29 is 14.3 Å². The zero-order valence-corrected chi connectivity index (χ0v) is 13.4. The van der Waals surface area contributed by atoms with Crippen molar-refractivity contribution in [2.24, 2.45) is 0 Å². The summed E-state index contributed by atoms with van der Waals surface area (Å²) in [6, 6.07) is 18.5. The summed E-state index contributed by atoms with van der Waals surface area (Å²) < 4.78 is 11.7. The van der Waals surface area contributed by atoms with Crippen LogP contribution in [0.3, 0.4) is 0 Å². The van der Waals surface area contributed by atoms with E-state index in [2.05, 4.69) is 30.3 Å². The smallest absolute Gasteiger partial charge is 0.140 e. The standard InChI is InChI=1S/C20H22O3/c1-22-20(19-13-12-16(23-19)9-4-5-14-21)18-11-6-8-15-7-2-3-10-17(15)18/h2-3,6-8,10-13,20-21H,4-5,9,14H2,1H3. The van der Waals surface area contributed by atoms with E-state index >= 15 is 0 Å². The molecule has 0 saturated carbocycles. The van der Waals surface area contributed by atoms with Gasteiger partial charge in [-0.3, -0.25) is 0 Å². The molecule has 1 atom stereocenters. The van der Waals surface area contributed by atoms with E-state index in [1.165, 1.54) is 10.8 Å². The van der Waals surface area contributed by atoms with Gasteiger partial charge in [-0.05, 0) is 41.3 Å². The van der Waals surface area contributed by atoms with E-state index < -0.39 is 0 Å². The lowest BCUT2D eigenvalue weighted by molar-refractivity contribution is 0.116. The van der Waals surface area contributed by atoms with Crippen LogP contribution < -0.4 is 0 Å². The molecular formula is C20H22O3. The molecule has 120 valence electrons. The van der Waals surface area contributed by atoms with Gasteiger partial charge in [0.25, 0.3) is 0 Å². The fraction of sp³-hybridized carbons (Fsp3) is 0.300. The number of methoxy groups -OCH3 is 1. The predicted molar refractivity (Wildman–Crippen MR) is 91.5 cm³/mol. The van der Waals surface area contributed by atoms with Crippen molar-refractivity contribution in [3.8, 4) is 0 Å². The second-order valence-corrected chi connectivity index (χ2v) is 5.67. The minimum Gasteiger partial charge on any atom is -0.463 e. The lowest BCUT2D eigenvalue weighted by atomic mass is 9.99. The molecule has 23 heavy (non-hydrogen) atoms. The van der Waals surface area contributed by atoms with Crippen molar-refractivity contribution >= 4 is 10.8 Å². The number of aliphatic hydroxyl groups is 1. The van der Waals surface area contributed by atoms with Crippen LogP contribution in [-0.2, 0) is 11.2 Å². The number of rotatable bonds is 7. The summed E-state index contributed by atoms with van der Waals surface area (Å²) in [5.41, 5.74) is 1.11. The van der Waals surface area contributed by atoms with Crippen molar-refractivity contribution in [2.75, 3.05) is 13.7 Å². The molecular weight excluding hydrogens is 288 g/mol. The van der Waals surface area contributed by atoms with Gasteiger partial charge in [0.2, 0.25) is 0 Å². The second kappa shape index (κ2) is 7.44. The molecule has 2 aromatic carbocycles. The lowest BCUT2D eigenvalue weighted by Gasteiger charge is -2.16. The number of hydrogen-bond acceptors (Lipinski definition) is 3. The highest BCUT2D eigenvalue weighted by molar-refractivity contribution is 5.86. The maximum Gasteiger partial charge on any atom is 0.140 e. The monoisotopic (exact) mass is 310 g/mol. The Morgan fingerprint density at radius 3 is 2.65 bits per heavy atom. The van der Waals surface area contributed by atoms with E-state index in [4.69, 9.17) is 14.3 Å². The van der Waals surface area contributed by atoms with E-state index in [1.54, 1.807) is 7.11 Å². The minimum atomic E-state index is -0.215. The third-order valence-corrected chi connectivity index (χ3v) is 4.11. The first-order valence-corrected chi connectivity index (χ1v) is 8.03. The van der Waals surface area contributed by atoms with Gasteiger partial charge in [0.15, 0.2) is 0 Å². The molecule has 1 aromatic heterocycles. The van der Waals surface area contributed by atoms with Crippen LogP contribution in [0.2, 0.25) is 0 Å². The SMILES string of the molecule is COC(c1ccc(CCCCO)o1)c1cccc2ccccc12. The van der Waals surface area contributed by atoms with Crippen LogP contribution in [0.15, 0.2) is 59.0 Å². The van der Waals surface area contributed by atoms with Crippen molar-refractivity contribution in [3.05, 3.63) is 71.7 Å². The quantitative estimate of drug-likeness (QED) is 0.654. The molecule has 0 radical (unpaired) electrons. The zero-order valence-electron chi connectivity index (χ0n) is 13.4. The molecule has 1 heterocycles. The van der Waals surface area contributed by atoms with Crippen LogP contribution in [0.4, 0.5) is 0 Å². The highest BCUT2D eigenvalue weighted by atomic mass is 16.5. The van der Waals surface area contributed by atoms with E-state index in [1.807, 2.05) is 24.3 Å². The van der Waals surface area contributed by atoms with Gasteiger partial charge in [-0.1, -0.05) is 42.5 Å². The lowest BCUT2D eigenvalue weighted by Crippen LogP contribution is -2.03. The molecule has 0 aliphatic heterocycles. The van der Waals surface area contributed by atoms with Gasteiger partial charge in [-0.15, -0.1) is 0 Å². The maximum atomic E-state index is 8.87. The van der Waals surface area contributed by atoms with Gasteiger partial charge >= 0.3 is 0 Å². The summed E-state index contributed by atoms with van der Waals surface area (Å²) in [7, 11) is 1.71. The van der Waals surface area contributed by atoms with Gasteiger partial charge < -0.3 is 14.3 Å². The van der Waals surface area contributed by atoms with Crippen molar-refractivity contribution in [2.45, 2.75) is 25.4 Å². The summed E-state index contributed by atoms with van der Waals surface area (Å²) in [5, 5.41) is 11.3. The van der Waals surface area contributed by atoms with Crippen molar-refractivity contribution in [1.82, 2.24) is 0 Å². The molecule has 3 rings (SSSR count). The molecule has 0 aliphatic carbocycles. The van der Waals surface area contributed by atoms with Crippen LogP contribution in [0.1, 0.15) is 36.0 Å². The maximum absolute atomic E-state index is 8.87. The molecule has 3 aromatic rings. The molecule has 0 saturated heterocycles. The average molecular weight is 310 g/mol. The molecule has 0 spiro atoms. The van der Waals surface area contributed by atoms with Crippen LogP contribution in [0, 0.1) is 0 Å². The summed E-state index contributed by atoms with van der Waals surface area (Å²) in [4.78, 5) is 0. The molecule has 0 aliphatic rings. The molecule has 0 bridgehead atoms. The molecule has 1 unspecified atom stereocenters. The molecule has 3 heteroatoms. The number of unbranched alkanes of at least 4 members (excludes halogenated alkanes) is 1. The number of ether oxygens (including phenoxy) is 1. The summed E-state index contributed by atoms with van der Waals surface area (Å²) in [6.45, 7) is 0.226. The number of hydrogen-bond donors (Lipinski definition) is 1. The predicted octanol–water partition coefficient (Wildman–Crippen LogP) is 4.48. The van der Waals surface area contributed by atoms with Crippen molar-refractivity contribution in [3.63, 3.8) is 0 Å². The Labute approximate surface area is 136 Å². The number of aryl methyl sites for hydroxylation is 1. The summed E-state index contributed by atoms with van der Waals surface area (Å²) in [6.07, 6.45) is 2.35. The van der Waals surface area contributed by atoms with Gasteiger partial charge in [0, 0.05) is 20.1 Å². The van der Waals surface area contributed by atoms with E-state index in [9.17, 15) is 0 Å². The molecule has 1 N–H and O–H groups in total. The molecule has 0 amide bonds. The normalized spacial score (nSPS) is 12.6. The Bertz CT molecular complexity index is 755. The minimum absolute atomic E-state index is 0.215. The van der Waals surface area contributed by atoms with Gasteiger partial charge in [0.05, 0.1) is 0 Å². The van der Waals surface area contributed by atoms with E-state index in [-0.39, 0.29) is 12.7 Å². The second-order valence-electron chi connectivity index (χ2n) is 5.67. The Morgan fingerprint density at radius 2 is 1.83 bits per heavy atom. The fourth-order valence-corrected chi connectivity index (χ4v) is 2.96. The largest absolute Gasteiger partial charge is 0.463 e. The van der Waals surface area contributed by atoms with Gasteiger partial charge in [0.1, 0.15) is 17.6 Å². The average Bonchev–Trinajstić information content (AvgIpc) is 3.05.